The molecule has 2 N–H and O–H groups in total. The average Bonchev–Trinajstić information content (AvgIpc) is 2.87. The van der Waals surface area contributed by atoms with Gasteiger partial charge in [-0.3, -0.25) is 14.5 Å². The van der Waals surface area contributed by atoms with E-state index in [0.29, 0.717) is 5.69 Å². The molecule has 1 aliphatic heterocycles. The number of carbonyl (C=O) groups is 2. The predicted molar refractivity (Wildman–Crippen MR) is 88.9 cm³/mol. The Morgan fingerprint density at radius 3 is 2.44 bits per heavy atom. The molecule has 0 unspecified atom stereocenters. The molecule has 0 bridgehead atoms. The number of anilines is 1. The van der Waals surface area contributed by atoms with Crippen molar-refractivity contribution >= 4 is 30.0 Å². The van der Waals surface area contributed by atoms with Gasteiger partial charge < -0.3 is 10.4 Å². The highest BCUT2D eigenvalue weighted by Crippen LogP contribution is 2.37. The number of carboxylic acid groups (broad SMARTS) is 1. The maximum Gasteiger partial charge on any atom is 0.393 e. The third-order valence-corrected chi connectivity index (χ3v) is 4.17. The van der Waals surface area contributed by atoms with Gasteiger partial charge in [-0.2, -0.15) is 13.2 Å². The maximum atomic E-state index is 12.9. The molecule has 0 aromatic heterocycles. The summed E-state index contributed by atoms with van der Waals surface area (Å²) in [6.45, 7) is 2.62. The number of aliphatic carboxylic acids is 1. The third-order valence-electron chi connectivity index (χ3n) is 4.17. The molecular formula is C16H20ClF3N2O3. The van der Waals surface area contributed by atoms with Gasteiger partial charge in [0.25, 0.3) is 0 Å². The predicted octanol–water partition coefficient (Wildman–Crippen LogP) is 2.86. The van der Waals surface area contributed by atoms with Gasteiger partial charge in [-0.25, -0.2) is 0 Å². The largest absolute Gasteiger partial charge is 0.481 e. The summed E-state index contributed by atoms with van der Waals surface area (Å²) >= 11 is 0. The van der Waals surface area contributed by atoms with Crippen molar-refractivity contribution in [2.45, 2.75) is 20.0 Å². The minimum Gasteiger partial charge on any atom is -0.481 e. The number of alkyl halides is 3. The number of carboxylic acids is 1. The van der Waals surface area contributed by atoms with E-state index in [1.807, 2.05) is 26.0 Å². The molecule has 5 nitrogen and oxygen atoms in total. The van der Waals surface area contributed by atoms with Crippen LogP contribution in [0.5, 0.6) is 0 Å². The Hall–Kier alpha value is -1.80. The van der Waals surface area contributed by atoms with Crippen molar-refractivity contribution < 1.29 is 27.9 Å². The van der Waals surface area contributed by atoms with Gasteiger partial charge in [0.1, 0.15) is 0 Å². The van der Waals surface area contributed by atoms with E-state index in [0.717, 1.165) is 11.1 Å². The molecule has 0 spiro atoms. The van der Waals surface area contributed by atoms with Gasteiger partial charge >= 0.3 is 12.1 Å². The Kier molecular flexibility index (Phi) is 6.84. The molecule has 1 aromatic carbocycles. The lowest BCUT2D eigenvalue weighted by atomic mass is 9.96. The van der Waals surface area contributed by atoms with Gasteiger partial charge in [-0.05, 0) is 31.0 Å². The van der Waals surface area contributed by atoms with E-state index in [1.54, 1.807) is 6.07 Å². The first-order valence-corrected chi connectivity index (χ1v) is 7.47. The number of halogens is 4. The fraction of sp³-hybridized carbons (Fsp3) is 0.500. The maximum absolute atomic E-state index is 12.9. The van der Waals surface area contributed by atoms with Crippen molar-refractivity contribution in [3.8, 4) is 0 Å². The summed E-state index contributed by atoms with van der Waals surface area (Å²) < 4.78 is 38.8. The van der Waals surface area contributed by atoms with Crippen molar-refractivity contribution in [1.82, 2.24) is 4.90 Å². The first-order chi connectivity index (χ1) is 11.1. The Bertz CT molecular complexity index is 652. The van der Waals surface area contributed by atoms with Crippen LogP contribution in [0.3, 0.4) is 0 Å². The Morgan fingerprint density at radius 2 is 1.92 bits per heavy atom. The lowest BCUT2D eigenvalue weighted by Gasteiger charge is -2.18. The number of nitrogens with zero attached hydrogens (tertiary/aromatic N) is 1. The van der Waals surface area contributed by atoms with Gasteiger partial charge in [0.2, 0.25) is 5.91 Å². The van der Waals surface area contributed by atoms with E-state index in [2.05, 4.69) is 5.32 Å². The van der Waals surface area contributed by atoms with Crippen molar-refractivity contribution in [2.75, 3.05) is 25.0 Å². The minimum absolute atomic E-state index is 0. The number of rotatable bonds is 4. The molecule has 1 aromatic rings. The third kappa shape index (κ3) is 5.34. The minimum atomic E-state index is -4.60. The topological polar surface area (TPSA) is 69.6 Å². The van der Waals surface area contributed by atoms with E-state index < -0.39 is 36.4 Å². The van der Waals surface area contributed by atoms with Crippen LogP contribution in [0.25, 0.3) is 0 Å². The fourth-order valence-corrected chi connectivity index (χ4v) is 2.86. The summed E-state index contributed by atoms with van der Waals surface area (Å²) in [5.41, 5.74) is 2.38. The number of nitrogens with one attached hydrogen (secondary N) is 1. The molecular weight excluding hydrogens is 361 g/mol. The quantitative estimate of drug-likeness (QED) is 0.842. The molecule has 2 atom stereocenters. The summed E-state index contributed by atoms with van der Waals surface area (Å²) in [4.78, 5) is 24.4. The van der Waals surface area contributed by atoms with E-state index in [9.17, 15) is 22.8 Å². The normalized spacial score (nSPS) is 20.8. The van der Waals surface area contributed by atoms with Gasteiger partial charge in [0.15, 0.2) is 0 Å². The number of benzene rings is 1. The average molecular weight is 381 g/mol. The highest BCUT2D eigenvalue weighted by atomic mass is 35.5. The molecule has 1 fully saturated rings. The van der Waals surface area contributed by atoms with Crippen LogP contribution in [-0.4, -0.2) is 47.7 Å². The monoisotopic (exact) mass is 380 g/mol. The van der Waals surface area contributed by atoms with Crippen molar-refractivity contribution in [2.24, 2.45) is 11.8 Å². The lowest BCUT2D eigenvalue weighted by molar-refractivity contribution is -0.188. The second-order valence-electron chi connectivity index (χ2n) is 6.15. The van der Waals surface area contributed by atoms with Crippen LogP contribution in [0.2, 0.25) is 0 Å². The Morgan fingerprint density at radius 1 is 1.28 bits per heavy atom. The van der Waals surface area contributed by atoms with E-state index >= 15 is 0 Å². The van der Waals surface area contributed by atoms with Crippen LogP contribution in [0.1, 0.15) is 11.1 Å². The summed E-state index contributed by atoms with van der Waals surface area (Å²) in [6.07, 6.45) is -4.60. The molecule has 0 saturated carbocycles. The molecule has 9 heteroatoms. The molecule has 2 rings (SSSR count). The van der Waals surface area contributed by atoms with E-state index in [1.165, 1.54) is 4.90 Å². The number of likely N-dealkylation sites (tertiary alicyclic amines) is 1. The van der Waals surface area contributed by atoms with Crippen LogP contribution in [0.4, 0.5) is 18.9 Å². The second kappa shape index (κ2) is 8.05. The summed E-state index contributed by atoms with van der Waals surface area (Å²) in [7, 11) is 0. The van der Waals surface area contributed by atoms with Gasteiger partial charge in [-0.15, -0.1) is 12.4 Å². The molecule has 1 heterocycles. The van der Waals surface area contributed by atoms with Crippen LogP contribution >= 0.6 is 12.4 Å². The summed E-state index contributed by atoms with van der Waals surface area (Å²) in [5.74, 6) is -5.45. The molecule has 140 valence electrons. The van der Waals surface area contributed by atoms with Crippen LogP contribution < -0.4 is 5.32 Å². The summed E-state index contributed by atoms with van der Waals surface area (Å²) in [6, 6.07) is 5.49. The number of hydrogen-bond donors (Lipinski definition) is 2. The first kappa shape index (κ1) is 21.2. The lowest BCUT2D eigenvalue weighted by Crippen LogP contribution is -2.34. The number of aryl methyl sites for hydroxylation is 2. The molecule has 1 saturated heterocycles. The Balaban J connectivity index is 0.00000312. The van der Waals surface area contributed by atoms with Gasteiger partial charge in [0, 0.05) is 18.8 Å². The zero-order valence-electron chi connectivity index (χ0n) is 13.8. The Labute approximate surface area is 149 Å². The molecule has 0 radical (unpaired) electrons. The number of carbonyl (C=O) groups excluding carboxylic acids is 1. The fourth-order valence-electron chi connectivity index (χ4n) is 2.86. The second-order valence-corrected chi connectivity index (χ2v) is 6.15. The van der Waals surface area contributed by atoms with Crippen LogP contribution in [0.15, 0.2) is 18.2 Å². The zero-order valence-corrected chi connectivity index (χ0v) is 14.6. The molecule has 0 aliphatic carbocycles. The van der Waals surface area contributed by atoms with Gasteiger partial charge in [-0.1, -0.05) is 12.1 Å². The SMILES string of the molecule is Cc1ccc(C)c(NC(=O)CN2C[C@@H](C(F)(F)F)[C@H](C(=O)O)C2)c1.Cl. The van der Waals surface area contributed by atoms with Crippen molar-refractivity contribution in [1.29, 1.82) is 0 Å². The van der Waals surface area contributed by atoms with E-state index in [4.69, 9.17) is 5.11 Å². The highest BCUT2D eigenvalue weighted by molar-refractivity contribution is 5.93. The number of amides is 1. The molecule has 1 amide bonds. The van der Waals surface area contributed by atoms with Crippen LogP contribution in [-0.2, 0) is 9.59 Å². The van der Waals surface area contributed by atoms with Gasteiger partial charge in [0.05, 0.1) is 18.4 Å². The standard InChI is InChI=1S/C16H19F3N2O3.ClH/c1-9-3-4-10(2)13(5-9)20-14(22)8-21-6-11(15(23)24)12(7-21)16(17,18)19;/h3-5,11-12H,6-8H2,1-2H3,(H,20,22)(H,23,24);1H/t11-,12-;/m1./s1. The van der Waals surface area contributed by atoms with Crippen molar-refractivity contribution in [3.63, 3.8) is 0 Å². The highest BCUT2D eigenvalue weighted by Gasteiger charge is 2.52. The molecule has 25 heavy (non-hydrogen) atoms. The summed E-state index contributed by atoms with van der Waals surface area (Å²) in [5, 5.41) is 11.6. The van der Waals surface area contributed by atoms with E-state index in [-0.39, 0.29) is 25.5 Å². The zero-order chi connectivity index (χ0) is 18.1. The number of hydrogen-bond acceptors (Lipinski definition) is 3. The molecule has 1 aliphatic rings. The smallest absolute Gasteiger partial charge is 0.393 e. The first-order valence-electron chi connectivity index (χ1n) is 7.47. The van der Waals surface area contributed by atoms with Crippen molar-refractivity contribution in [3.05, 3.63) is 29.3 Å². The van der Waals surface area contributed by atoms with Crippen LogP contribution in [0, 0.1) is 25.7 Å².